The van der Waals surface area contributed by atoms with Crippen molar-refractivity contribution in [2.45, 2.75) is 65.7 Å². The molecule has 0 atom stereocenters. The van der Waals surface area contributed by atoms with Gasteiger partial charge in [-0.15, -0.1) is 0 Å². The summed E-state index contributed by atoms with van der Waals surface area (Å²) in [4.78, 5) is 0. The van der Waals surface area contributed by atoms with Crippen molar-refractivity contribution in [3.63, 3.8) is 0 Å². The summed E-state index contributed by atoms with van der Waals surface area (Å²) in [6.07, 6.45) is 2.02. The molecule has 0 aliphatic rings. The van der Waals surface area contributed by atoms with Gasteiger partial charge in [0.2, 0.25) is 0 Å². The topological polar surface area (TPSA) is 73.8 Å². The van der Waals surface area contributed by atoms with Crippen LogP contribution in [0.25, 0.3) is 0 Å². The summed E-state index contributed by atoms with van der Waals surface area (Å²) in [6.45, 7) is 16.2. The second-order valence-corrected chi connectivity index (χ2v) is 16.5. The van der Waals surface area contributed by atoms with Crippen LogP contribution in [0.15, 0.2) is 0 Å². The zero-order valence-electron chi connectivity index (χ0n) is 18.1. The van der Waals surface area contributed by atoms with Crippen LogP contribution < -0.4 is 0 Å². The third kappa shape index (κ3) is 11.0. The van der Waals surface area contributed by atoms with E-state index >= 15 is 0 Å². The molecule has 0 N–H and O–H groups in total. The van der Waals surface area contributed by atoms with Crippen LogP contribution in [0.2, 0.25) is 4.44 Å². The van der Waals surface area contributed by atoms with Crippen molar-refractivity contribution < 1.29 is 32.1 Å². The molecule has 0 unspecified atom stereocenters. The molecule has 0 bridgehead atoms. The summed E-state index contributed by atoms with van der Waals surface area (Å²) in [5.41, 5.74) is 0. The van der Waals surface area contributed by atoms with Gasteiger partial charge < -0.3 is 0 Å². The third-order valence-electron chi connectivity index (χ3n) is 3.14. The number of rotatable bonds is 19. The molecule has 11 heteroatoms. The monoisotopic (exact) mass is 535 g/mol. The minimum atomic E-state index is -3.26. The van der Waals surface area contributed by atoms with Crippen LogP contribution in [-0.2, 0) is 32.1 Å². The predicted molar refractivity (Wildman–Crippen MR) is 109 cm³/mol. The van der Waals surface area contributed by atoms with Crippen molar-refractivity contribution in [2.75, 3.05) is 39.6 Å². The molecular weight excluding hydrogens is 495 g/mol. The van der Waals surface area contributed by atoms with Gasteiger partial charge >= 0.3 is 176 Å². The van der Waals surface area contributed by atoms with Crippen LogP contribution in [0.4, 0.5) is 0 Å². The van der Waals surface area contributed by atoms with Gasteiger partial charge in [-0.25, -0.2) is 0 Å². The van der Waals surface area contributed by atoms with Crippen LogP contribution in [0.5, 0.6) is 0 Å². The summed E-state index contributed by atoms with van der Waals surface area (Å²) in [6, 6.07) is 0. The molecule has 0 spiro atoms. The fourth-order valence-electron chi connectivity index (χ4n) is 2.21. The first kappa shape index (κ1) is 27.9. The molecule has 163 valence electrons. The normalized spacial score (nSPS) is 12.9. The Kier molecular flexibility index (Phi) is 17.2. The van der Waals surface area contributed by atoms with Crippen LogP contribution in [-0.4, -0.2) is 78.3 Å². The Labute approximate surface area is 175 Å². The van der Waals surface area contributed by atoms with E-state index in [-0.39, 0.29) is 0 Å². The molecule has 8 nitrogen and oxygen atoms in total. The standard InChI is InChI=1S/2C6H15O4Si.C4H9.Sn/c2*1-4-8-11(7,9-5-2)10-6-3;1-3-4-2;/h2*4-6H2,1-3H3;1,3-4H2,2H3;/q2*-1;;+2. The first-order valence-electron chi connectivity index (χ1n) is 10.1. The van der Waals surface area contributed by atoms with Crippen molar-refractivity contribution in [1.29, 1.82) is 0 Å². The van der Waals surface area contributed by atoms with Gasteiger partial charge in [0.15, 0.2) is 0 Å². The molecular formula is C16H39O8Si2Sn. The molecule has 0 fully saturated rings. The summed E-state index contributed by atoms with van der Waals surface area (Å²) in [5, 5.41) is 0. The second-order valence-electron chi connectivity index (χ2n) is 5.28. The number of hydrogen-bond donors (Lipinski definition) is 0. The molecule has 0 aliphatic heterocycles. The van der Waals surface area contributed by atoms with Crippen LogP contribution in [0, 0.1) is 0 Å². The van der Waals surface area contributed by atoms with Gasteiger partial charge in [0.1, 0.15) is 0 Å². The molecule has 0 amide bonds. The van der Waals surface area contributed by atoms with Gasteiger partial charge in [-0.3, -0.25) is 0 Å². The van der Waals surface area contributed by atoms with Crippen molar-refractivity contribution in [1.82, 2.24) is 0 Å². The molecule has 0 aliphatic carbocycles. The first-order valence-corrected chi connectivity index (χ1v) is 17.7. The maximum absolute atomic E-state index is 6.40. The van der Waals surface area contributed by atoms with Gasteiger partial charge in [0.05, 0.1) is 0 Å². The second kappa shape index (κ2) is 16.7. The Hall–Kier alpha value is 0.912. The molecule has 0 rings (SSSR count). The quantitative estimate of drug-likeness (QED) is 0.234. The van der Waals surface area contributed by atoms with E-state index in [0.717, 1.165) is 17.3 Å². The van der Waals surface area contributed by atoms with Gasteiger partial charge in [0, 0.05) is 0 Å². The predicted octanol–water partition coefficient (Wildman–Crippen LogP) is 3.40. The molecule has 0 aromatic rings. The van der Waals surface area contributed by atoms with Crippen molar-refractivity contribution in [3.05, 3.63) is 0 Å². The Balaban J connectivity index is 5.55. The summed E-state index contributed by atoms with van der Waals surface area (Å²) >= 11 is -3.00. The summed E-state index contributed by atoms with van der Waals surface area (Å²) in [7, 11) is -6.52. The average molecular weight is 534 g/mol. The summed E-state index contributed by atoms with van der Waals surface area (Å²) in [5.74, 6) is 0. The van der Waals surface area contributed by atoms with Crippen molar-refractivity contribution in [3.8, 4) is 0 Å². The SMILES string of the molecule is CCC[CH2][Sn]([O][Si](OCC)(OCC)OCC)[O][Si](OCC)(OCC)OCC. The van der Waals surface area contributed by atoms with E-state index in [1.54, 1.807) is 0 Å². The fraction of sp³-hybridized carbons (Fsp3) is 1.00. The van der Waals surface area contributed by atoms with Crippen LogP contribution in [0.3, 0.4) is 0 Å². The molecule has 27 heavy (non-hydrogen) atoms. The fourth-order valence-corrected chi connectivity index (χ4v) is 18.6. The Morgan fingerprint density at radius 1 is 0.519 bits per heavy atom. The number of unbranched alkanes of at least 4 members (excludes halogenated alkanes) is 1. The van der Waals surface area contributed by atoms with Gasteiger partial charge in [0.25, 0.3) is 0 Å². The van der Waals surface area contributed by atoms with E-state index in [1.807, 2.05) is 41.5 Å². The van der Waals surface area contributed by atoms with Crippen LogP contribution >= 0.6 is 0 Å². The third-order valence-corrected chi connectivity index (χ3v) is 18.3. The minimum absolute atomic E-state index is 0.446. The van der Waals surface area contributed by atoms with E-state index in [2.05, 4.69) is 6.92 Å². The van der Waals surface area contributed by atoms with E-state index in [4.69, 9.17) is 32.1 Å². The molecule has 0 heterocycles. The van der Waals surface area contributed by atoms with E-state index < -0.39 is 38.7 Å². The van der Waals surface area contributed by atoms with Gasteiger partial charge in [-0.2, -0.15) is 0 Å². The molecule has 1 radical (unpaired) electrons. The van der Waals surface area contributed by atoms with Crippen molar-refractivity contribution >= 4 is 38.7 Å². The van der Waals surface area contributed by atoms with E-state index in [1.165, 1.54) is 0 Å². The average Bonchev–Trinajstić information content (AvgIpc) is 2.61. The zero-order chi connectivity index (χ0) is 20.6. The molecule has 0 aromatic heterocycles. The Morgan fingerprint density at radius 2 is 0.815 bits per heavy atom. The summed E-state index contributed by atoms with van der Waals surface area (Å²) < 4.78 is 48.7. The Bertz CT molecular complexity index is 292. The maximum atomic E-state index is 6.40. The Morgan fingerprint density at radius 3 is 1.04 bits per heavy atom. The van der Waals surface area contributed by atoms with Crippen molar-refractivity contribution in [2.24, 2.45) is 0 Å². The van der Waals surface area contributed by atoms with E-state index in [0.29, 0.717) is 39.6 Å². The molecule has 0 aromatic carbocycles. The zero-order valence-corrected chi connectivity index (χ0v) is 23.0. The van der Waals surface area contributed by atoms with Gasteiger partial charge in [-0.05, 0) is 0 Å². The molecule has 0 saturated heterocycles. The van der Waals surface area contributed by atoms with Gasteiger partial charge in [-0.1, -0.05) is 0 Å². The number of hydrogen-bond acceptors (Lipinski definition) is 8. The van der Waals surface area contributed by atoms with E-state index in [9.17, 15) is 0 Å². The first-order chi connectivity index (χ1) is 13.0. The van der Waals surface area contributed by atoms with Crippen LogP contribution in [0.1, 0.15) is 61.3 Å². The molecule has 0 saturated carbocycles.